The number of piperidine rings is 1. The molecule has 0 saturated carbocycles. The number of benzene rings is 1. The van der Waals surface area contributed by atoms with Gasteiger partial charge < -0.3 is 15.1 Å². The number of thiophene rings is 1. The fourth-order valence-corrected chi connectivity index (χ4v) is 5.66. The quantitative estimate of drug-likeness (QED) is 0.545. The largest absolute Gasteiger partial charge is 0.472 e. The second-order valence-corrected chi connectivity index (χ2v) is 8.80. The Hall–Kier alpha value is -2.11. The number of ketones is 1. The van der Waals surface area contributed by atoms with Crippen LogP contribution >= 0.6 is 11.3 Å². The Balaban J connectivity index is 1.61. The third-order valence-corrected chi connectivity index (χ3v) is 7.21. The van der Waals surface area contributed by atoms with E-state index < -0.39 is 0 Å². The number of anilines is 1. The maximum atomic E-state index is 12.7. The Bertz CT molecular complexity index is 949. The number of hydrogen-bond acceptors (Lipinski definition) is 5. The molecule has 0 atom stereocenters. The van der Waals surface area contributed by atoms with Gasteiger partial charge >= 0.3 is 0 Å². The Kier molecular flexibility index (Phi) is 5.56. The Morgan fingerprint density at radius 3 is 2.61 bits per heavy atom. The van der Waals surface area contributed by atoms with Crippen molar-refractivity contribution >= 4 is 32.2 Å². The van der Waals surface area contributed by atoms with Crippen LogP contribution in [0.2, 0.25) is 0 Å². The van der Waals surface area contributed by atoms with E-state index in [-0.39, 0.29) is 5.78 Å². The molecule has 0 unspecified atom stereocenters. The van der Waals surface area contributed by atoms with Gasteiger partial charge in [-0.15, -0.1) is 11.3 Å². The molecule has 1 fully saturated rings. The predicted octanol–water partition coefficient (Wildman–Crippen LogP) is 5.68. The molecule has 1 aliphatic heterocycles. The number of rotatable bonds is 6. The molecule has 4 rings (SSSR count). The normalized spacial score (nSPS) is 16.2. The number of carbonyl (C=O) groups excluding carboxylic acids is 1. The molecule has 0 radical (unpaired) electrons. The number of nitrogens with zero attached hydrogens (tertiary/aromatic N) is 1. The van der Waals surface area contributed by atoms with Gasteiger partial charge in [0, 0.05) is 16.3 Å². The standard InChI is InChI=1S/C23H28N2O2S/c1-3-18(4-2)25-10-7-15(8-11-25)21-19-13-16(5-6-20(19)28-23(21)24)22(26)17-9-12-27-14-17/h5-6,9,12-15,18H,3-4,7-8,10-11,24H2,1-2H3. The summed E-state index contributed by atoms with van der Waals surface area (Å²) in [5.41, 5.74) is 8.99. The van der Waals surface area contributed by atoms with E-state index in [1.54, 1.807) is 17.4 Å². The van der Waals surface area contributed by atoms with E-state index in [0.717, 1.165) is 36.3 Å². The lowest BCUT2D eigenvalue weighted by Crippen LogP contribution is -2.40. The van der Waals surface area contributed by atoms with Gasteiger partial charge in [-0.05, 0) is 79.9 Å². The lowest BCUT2D eigenvalue weighted by molar-refractivity contribution is 0.103. The summed E-state index contributed by atoms with van der Waals surface area (Å²) in [4.78, 5) is 15.4. The van der Waals surface area contributed by atoms with Crippen LogP contribution in [0.5, 0.6) is 0 Å². The Morgan fingerprint density at radius 2 is 1.96 bits per heavy atom. The van der Waals surface area contributed by atoms with E-state index >= 15 is 0 Å². The van der Waals surface area contributed by atoms with Crippen molar-refractivity contribution in [3.63, 3.8) is 0 Å². The zero-order valence-corrected chi connectivity index (χ0v) is 17.4. The van der Waals surface area contributed by atoms with Gasteiger partial charge in [0.05, 0.1) is 16.8 Å². The minimum absolute atomic E-state index is 0.00470. The summed E-state index contributed by atoms with van der Waals surface area (Å²) in [6, 6.07) is 8.36. The summed E-state index contributed by atoms with van der Waals surface area (Å²) >= 11 is 1.64. The number of carbonyl (C=O) groups is 1. The molecular formula is C23H28N2O2S. The Labute approximate surface area is 170 Å². The number of hydrogen-bond donors (Lipinski definition) is 1. The lowest BCUT2D eigenvalue weighted by Gasteiger charge is -2.37. The van der Waals surface area contributed by atoms with Gasteiger partial charge in [0.2, 0.25) is 0 Å². The first kappa shape index (κ1) is 19.2. The second-order valence-electron chi connectivity index (χ2n) is 7.71. The van der Waals surface area contributed by atoms with Crippen molar-refractivity contribution in [1.82, 2.24) is 4.90 Å². The molecule has 148 valence electrons. The van der Waals surface area contributed by atoms with Gasteiger partial charge in [-0.2, -0.15) is 0 Å². The summed E-state index contributed by atoms with van der Waals surface area (Å²) in [6.45, 7) is 6.81. The van der Waals surface area contributed by atoms with E-state index in [0.29, 0.717) is 23.1 Å². The first-order valence-electron chi connectivity index (χ1n) is 10.2. The molecule has 0 amide bonds. The minimum atomic E-state index is -0.00470. The van der Waals surface area contributed by atoms with Crippen molar-refractivity contribution in [2.75, 3.05) is 18.8 Å². The van der Waals surface area contributed by atoms with Gasteiger partial charge in [0.1, 0.15) is 6.26 Å². The molecule has 3 aromatic rings. The number of nitrogen functional groups attached to an aromatic ring is 1. The molecule has 4 nitrogen and oxygen atoms in total. The zero-order valence-electron chi connectivity index (χ0n) is 16.6. The maximum Gasteiger partial charge on any atom is 0.196 e. The van der Waals surface area contributed by atoms with E-state index in [1.165, 1.54) is 35.6 Å². The molecular weight excluding hydrogens is 368 g/mol. The highest BCUT2D eigenvalue weighted by Crippen LogP contribution is 2.43. The highest BCUT2D eigenvalue weighted by atomic mass is 32.1. The van der Waals surface area contributed by atoms with Crippen LogP contribution in [0.25, 0.3) is 10.1 Å². The second kappa shape index (κ2) is 8.10. The highest BCUT2D eigenvalue weighted by molar-refractivity contribution is 7.22. The van der Waals surface area contributed by atoms with Crippen LogP contribution in [0.1, 0.15) is 66.9 Å². The van der Waals surface area contributed by atoms with E-state index in [4.69, 9.17) is 10.2 Å². The van der Waals surface area contributed by atoms with E-state index in [9.17, 15) is 4.79 Å². The minimum Gasteiger partial charge on any atom is -0.472 e. The summed E-state index contributed by atoms with van der Waals surface area (Å²) in [6.07, 6.45) is 7.73. The summed E-state index contributed by atoms with van der Waals surface area (Å²) in [5.74, 6) is 0.466. The fourth-order valence-electron chi connectivity index (χ4n) is 4.62. The Morgan fingerprint density at radius 1 is 1.21 bits per heavy atom. The fraction of sp³-hybridized carbons (Fsp3) is 0.435. The predicted molar refractivity (Wildman–Crippen MR) is 116 cm³/mol. The number of fused-ring (bicyclic) bond motifs is 1. The maximum absolute atomic E-state index is 12.7. The lowest BCUT2D eigenvalue weighted by atomic mass is 9.87. The molecule has 2 N–H and O–H groups in total. The third-order valence-electron chi connectivity index (χ3n) is 6.20. The number of likely N-dealkylation sites (tertiary alicyclic amines) is 1. The average Bonchev–Trinajstić information content (AvgIpc) is 3.36. The van der Waals surface area contributed by atoms with Crippen molar-refractivity contribution in [2.45, 2.75) is 51.5 Å². The smallest absolute Gasteiger partial charge is 0.196 e. The molecule has 0 bridgehead atoms. The molecule has 1 aliphatic rings. The molecule has 3 heterocycles. The number of furan rings is 1. The van der Waals surface area contributed by atoms with Crippen LogP contribution in [0.3, 0.4) is 0 Å². The van der Waals surface area contributed by atoms with Crippen LogP contribution in [0, 0.1) is 0 Å². The van der Waals surface area contributed by atoms with Crippen LogP contribution in [0.4, 0.5) is 5.00 Å². The third kappa shape index (κ3) is 3.49. The zero-order chi connectivity index (χ0) is 19.7. The summed E-state index contributed by atoms with van der Waals surface area (Å²) in [5, 5.41) is 2.06. The highest BCUT2D eigenvalue weighted by Gasteiger charge is 2.28. The van der Waals surface area contributed by atoms with Gasteiger partial charge in [-0.25, -0.2) is 0 Å². The van der Waals surface area contributed by atoms with Crippen molar-refractivity contribution in [1.29, 1.82) is 0 Å². The topological polar surface area (TPSA) is 59.5 Å². The molecule has 0 spiro atoms. The molecule has 2 aromatic heterocycles. The van der Waals surface area contributed by atoms with Gasteiger partial charge in [0.15, 0.2) is 5.78 Å². The average molecular weight is 397 g/mol. The van der Waals surface area contributed by atoms with Crippen molar-refractivity contribution in [2.24, 2.45) is 0 Å². The van der Waals surface area contributed by atoms with Gasteiger partial charge in [-0.1, -0.05) is 13.8 Å². The molecule has 28 heavy (non-hydrogen) atoms. The van der Waals surface area contributed by atoms with Crippen molar-refractivity contribution < 1.29 is 9.21 Å². The van der Waals surface area contributed by atoms with Crippen molar-refractivity contribution in [3.8, 4) is 0 Å². The van der Waals surface area contributed by atoms with Crippen LogP contribution in [-0.4, -0.2) is 29.8 Å². The van der Waals surface area contributed by atoms with Crippen LogP contribution < -0.4 is 5.73 Å². The molecule has 0 aliphatic carbocycles. The van der Waals surface area contributed by atoms with Crippen LogP contribution in [-0.2, 0) is 0 Å². The first-order chi connectivity index (χ1) is 13.6. The van der Waals surface area contributed by atoms with Crippen molar-refractivity contribution in [3.05, 3.63) is 53.5 Å². The van der Waals surface area contributed by atoms with Crippen LogP contribution in [0.15, 0.2) is 41.2 Å². The summed E-state index contributed by atoms with van der Waals surface area (Å²) < 4.78 is 6.24. The summed E-state index contributed by atoms with van der Waals surface area (Å²) in [7, 11) is 0. The number of nitrogens with two attached hydrogens (primary N) is 1. The molecule has 1 saturated heterocycles. The van der Waals surface area contributed by atoms with Gasteiger partial charge in [0.25, 0.3) is 0 Å². The monoisotopic (exact) mass is 396 g/mol. The molecule has 5 heteroatoms. The van der Waals surface area contributed by atoms with E-state index in [2.05, 4.69) is 18.7 Å². The first-order valence-corrected chi connectivity index (χ1v) is 11.1. The molecule has 1 aromatic carbocycles. The van der Waals surface area contributed by atoms with Gasteiger partial charge in [-0.3, -0.25) is 4.79 Å². The van der Waals surface area contributed by atoms with E-state index in [1.807, 2.05) is 18.2 Å². The SMILES string of the molecule is CCC(CC)N1CCC(c2c(N)sc3ccc(C(=O)c4ccoc4)cc23)CC1.